The van der Waals surface area contributed by atoms with E-state index in [-0.39, 0.29) is 11.1 Å². The van der Waals surface area contributed by atoms with Crippen molar-refractivity contribution < 1.29 is 0 Å². The molecule has 1 saturated carbocycles. The van der Waals surface area contributed by atoms with Crippen molar-refractivity contribution in [3.8, 4) is 0 Å². The molecule has 0 N–H and O–H groups in total. The van der Waals surface area contributed by atoms with E-state index in [9.17, 15) is 0 Å². The van der Waals surface area contributed by atoms with Gasteiger partial charge in [-0.1, -0.05) is 0 Å². The second-order valence-corrected chi connectivity index (χ2v) is 16.6. The average molecular weight is 536 g/mol. The zero-order valence-corrected chi connectivity index (χ0v) is 25.7. The molecular formula is C26H42ClGeN3P. The number of aryl methyl sites for hydroxylation is 3. The van der Waals surface area contributed by atoms with Crippen LogP contribution in [-0.2, 0) is 0 Å². The Balaban J connectivity index is 1.91. The first-order valence-corrected chi connectivity index (χ1v) is 17.8. The summed E-state index contributed by atoms with van der Waals surface area (Å²) < 4.78 is 8.35. The van der Waals surface area contributed by atoms with Crippen LogP contribution in [0.25, 0.3) is 0 Å². The van der Waals surface area contributed by atoms with Crippen molar-refractivity contribution in [2.45, 2.75) is 92.7 Å². The molecule has 2 fully saturated rings. The van der Waals surface area contributed by atoms with Crippen LogP contribution in [0.3, 0.4) is 0 Å². The quantitative estimate of drug-likeness (QED) is 0.301. The number of fused-ring (bicyclic) bond motifs is 2. The van der Waals surface area contributed by atoms with Crippen molar-refractivity contribution >= 4 is 38.6 Å². The number of halogens is 1. The molecule has 2 atom stereocenters. The van der Waals surface area contributed by atoms with Gasteiger partial charge in [0.25, 0.3) is 0 Å². The fourth-order valence-corrected chi connectivity index (χ4v) is 13.1. The monoisotopic (exact) mass is 536 g/mol. The molecule has 6 heteroatoms. The van der Waals surface area contributed by atoms with Crippen molar-refractivity contribution in [3.05, 3.63) is 39.8 Å². The van der Waals surface area contributed by atoms with E-state index in [1.807, 2.05) is 0 Å². The molecule has 0 amide bonds. The van der Waals surface area contributed by atoms with Crippen molar-refractivity contribution in [1.82, 2.24) is 9.34 Å². The summed E-state index contributed by atoms with van der Waals surface area (Å²) in [6.45, 7) is 23.6. The maximum absolute atomic E-state index is 6.96. The Morgan fingerprint density at radius 2 is 1.41 bits per heavy atom. The molecule has 1 aromatic carbocycles. The number of anilines is 1. The van der Waals surface area contributed by atoms with E-state index in [2.05, 4.69) is 87.6 Å². The molecule has 4 rings (SSSR count). The molecule has 3 aliphatic rings. The molecule has 3 nitrogen and oxygen atoms in total. The van der Waals surface area contributed by atoms with Crippen LogP contribution in [0.4, 0.5) is 5.69 Å². The van der Waals surface area contributed by atoms with Crippen LogP contribution >= 0.6 is 18.2 Å². The van der Waals surface area contributed by atoms with Crippen LogP contribution in [0.2, 0.25) is 0 Å². The minimum absolute atomic E-state index is 0.173. The summed E-state index contributed by atoms with van der Waals surface area (Å²) in [5.74, 6) is 1.43. The summed E-state index contributed by atoms with van der Waals surface area (Å²) in [7, 11) is 6.47. The Kier molecular flexibility index (Phi) is 6.94. The first-order chi connectivity index (χ1) is 14.8. The van der Waals surface area contributed by atoms with Crippen LogP contribution in [0.5, 0.6) is 0 Å². The number of nitrogens with zero attached hydrogens (tertiary/aromatic N) is 3. The standard InChI is InChI=1S/C26H42ClGeN3P/c1-17-14-18(2)22(19(3)15-17)31(28-27)23-20-10-11-21(16-20)24(23)32-29(25(4,5)6)12-13-30(32)26(7,8)9/h14-15,20-21,28H,10-13,16H2,1-9H3. The Hall–Kier alpha value is -0.0571. The van der Waals surface area contributed by atoms with E-state index < -0.39 is 22.9 Å². The Bertz CT molecular complexity index is 872. The van der Waals surface area contributed by atoms with Crippen LogP contribution < -0.4 is 3.86 Å². The van der Waals surface area contributed by atoms with E-state index >= 15 is 0 Å². The van der Waals surface area contributed by atoms with Crippen molar-refractivity contribution in [2.75, 3.05) is 16.9 Å². The Morgan fingerprint density at radius 3 is 1.88 bits per heavy atom. The second-order valence-electron chi connectivity index (χ2n) is 12.1. The number of hydrogen-bond donors (Lipinski definition) is 0. The van der Waals surface area contributed by atoms with E-state index in [1.165, 1.54) is 54.7 Å². The van der Waals surface area contributed by atoms with Gasteiger partial charge in [0, 0.05) is 0 Å². The minimum atomic E-state index is -1.10. The molecule has 177 valence electrons. The van der Waals surface area contributed by atoms with Gasteiger partial charge in [-0.05, 0) is 0 Å². The fraction of sp³-hybridized carbons (Fsp3) is 0.692. The van der Waals surface area contributed by atoms with Gasteiger partial charge in [-0.15, -0.1) is 0 Å². The molecule has 2 unspecified atom stereocenters. The summed E-state index contributed by atoms with van der Waals surface area (Å²) in [5.41, 5.74) is 7.51. The van der Waals surface area contributed by atoms with Crippen molar-refractivity contribution in [3.63, 3.8) is 0 Å². The van der Waals surface area contributed by atoms with E-state index in [0.717, 1.165) is 5.92 Å². The topological polar surface area (TPSA) is 9.72 Å². The zero-order chi connectivity index (χ0) is 23.6. The predicted octanol–water partition coefficient (Wildman–Crippen LogP) is 7.09. The van der Waals surface area contributed by atoms with Crippen LogP contribution in [0, 0.1) is 32.6 Å². The first kappa shape index (κ1) is 25.0. The summed E-state index contributed by atoms with van der Waals surface area (Å²) in [6, 6.07) is 4.69. The molecule has 1 heterocycles. The van der Waals surface area contributed by atoms with Crippen LogP contribution in [0.15, 0.2) is 23.1 Å². The Morgan fingerprint density at radius 1 is 0.906 bits per heavy atom. The predicted molar refractivity (Wildman–Crippen MR) is 144 cm³/mol. The van der Waals surface area contributed by atoms with Gasteiger partial charge in [0.15, 0.2) is 0 Å². The van der Waals surface area contributed by atoms with Gasteiger partial charge in [0.1, 0.15) is 0 Å². The van der Waals surface area contributed by atoms with Crippen molar-refractivity contribution in [2.24, 2.45) is 11.8 Å². The summed E-state index contributed by atoms with van der Waals surface area (Å²) in [5, 5.41) is 1.77. The maximum atomic E-state index is 6.96. The molecule has 1 aliphatic heterocycles. The molecule has 1 aromatic rings. The van der Waals surface area contributed by atoms with Crippen LogP contribution in [0.1, 0.15) is 77.5 Å². The van der Waals surface area contributed by atoms with E-state index in [1.54, 1.807) is 11.0 Å². The van der Waals surface area contributed by atoms with Gasteiger partial charge in [0.2, 0.25) is 0 Å². The third kappa shape index (κ3) is 4.35. The molecule has 1 radical (unpaired) electrons. The van der Waals surface area contributed by atoms with Crippen molar-refractivity contribution in [1.29, 1.82) is 0 Å². The van der Waals surface area contributed by atoms with Gasteiger partial charge in [-0.2, -0.15) is 0 Å². The fourth-order valence-electron chi connectivity index (χ4n) is 6.27. The third-order valence-electron chi connectivity index (χ3n) is 7.45. The van der Waals surface area contributed by atoms with Gasteiger partial charge in [-0.25, -0.2) is 0 Å². The summed E-state index contributed by atoms with van der Waals surface area (Å²) in [6.07, 6.45) is 4.05. The summed E-state index contributed by atoms with van der Waals surface area (Å²) >= 11 is -1.10. The third-order valence-corrected chi connectivity index (χ3v) is 13.5. The van der Waals surface area contributed by atoms with E-state index in [0.29, 0.717) is 5.92 Å². The molecule has 1 saturated heterocycles. The number of benzene rings is 1. The molecule has 32 heavy (non-hydrogen) atoms. The normalized spacial score (nSPS) is 25.4. The van der Waals surface area contributed by atoms with Gasteiger partial charge >= 0.3 is 209 Å². The molecular weight excluding hydrogens is 493 g/mol. The second kappa shape index (κ2) is 8.86. The van der Waals surface area contributed by atoms with E-state index in [4.69, 9.17) is 10.0 Å². The molecule has 0 spiro atoms. The summed E-state index contributed by atoms with van der Waals surface area (Å²) in [4.78, 5) is 0. The SMILES string of the molecule is Cc1cc(C)c([N]([GeH][Cl])C2=C(P3N(C(C)(C)C)CCN3C(C)(C)C)C3CCC2C3)c(C)c1. The molecule has 0 aromatic heterocycles. The number of allylic oxidation sites excluding steroid dienone is 2. The molecule has 2 aliphatic carbocycles. The van der Waals surface area contributed by atoms with Gasteiger partial charge < -0.3 is 0 Å². The molecule has 2 bridgehead atoms. The Labute approximate surface area is 208 Å². The zero-order valence-electron chi connectivity index (χ0n) is 21.6. The number of rotatable bonds is 4. The van der Waals surface area contributed by atoms with Gasteiger partial charge in [0.05, 0.1) is 0 Å². The van der Waals surface area contributed by atoms with Gasteiger partial charge in [-0.3, -0.25) is 0 Å². The average Bonchev–Trinajstić information content (AvgIpc) is 3.36. The van der Waals surface area contributed by atoms with Crippen LogP contribution in [-0.4, -0.2) is 48.2 Å². The first-order valence-electron chi connectivity index (χ1n) is 12.2. The number of hydrogen-bond acceptors (Lipinski definition) is 3.